The van der Waals surface area contributed by atoms with Gasteiger partial charge in [0.1, 0.15) is 0 Å². The van der Waals surface area contributed by atoms with E-state index in [1.165, 1.54) is 11.3 Å². The van der Waals surface area contributed by atoms with Crippen LogP contribution >= 0.6 is 0 Å². The van der Waals surface area contributed by atoms with Crippen molar-refractivity contribution in [2.45, 2.75) is 25.9 Å². The smallest absolute Gasteiger partial charge is 0.0698 e. The summed E-state index contributed by atoms with van der Waals surface area (Å²) in [7, 11) is 2.17. The number of aliphatic hydroxyl groups is 1. The molecule has 1 aromatic rings. The van der Waals surface area contributed by atoms with E-state index < -0.39 is 0 Å². The molecule has 0 saturated heterocycles. The summed E-state index contributed by atoms with van der Waals surface area (Å²) < 4.78 is 5.43. The fourth-order valence-corrected chi connectivity index (χ4v) is 2.89. The number of hydrogen-bond acceptors (Lipinski definition) is 4. The quantitative estimate of drug-likeness (QED) is 0.804. The number of ether oxygens (including phenoxy) is 1. The van der Waals surface area contributed by atoms with Crippen molar-refractivity contribution in [3.8, 4) is 0 Å². The largest absolute Gasteiger partial charge is 0.394 e. The summed E-state index contributed by atoms with van der Waals surface area (Å²) in [6.07, 6.45) is 1.14. The lowest BCUT2D eigenvalue weighted by atomic mass is 10.1. The Morgan fingerprint density at radius 1 is 1.30 bits per heavy atom. The first-order valence-electron chi connectivity index (χ1n) is 7.48. The lowest BCUT2D eigenvalue weighted by Crippen LogP contribution is -2.41. The minimum absolute atomic E-state index is 0.1000. The molecule has 1 atom stereocenters. The lowest BCUT2D eigenvalue weighted by Gasteiger charge is -2.30. The van der Waals surface area contributed by atoms with Crippen LogP contribution in [0.3, 0.4) is 0 Å². The van der Waals surface area contributed by atoms with Gasteiger partial charge in [0.2, 0.25) is 0 Å². The molecule has 0 fully saturated rings. The standard InChI is InChI=1S/C16H26N2O2/c1-3-15-13-17(2)16-7-5-4-6-14(16)12-18(15)8-10-20-11-9-19/h4-7,15,19H,3,8-13H2,1-2H3. The minimum Gasteiger partial charge on any atom is -0.394 e. The third-order valence-electron chi connectivity index (χ3n) is 4.01. The van der Waals surface area contributed by atoms with E-state index in [1.54, 1.807) is 0 Å². The van der Waals surface area contributed by atoms with Gasteiger partial charge in [-0.05, 0) is 18.1 Å². The Kier molecular flexibility index (Phi) is 5.83. The molecule has 2 rings (SSSR count). The Bertz CT molecular complexity index is 411. The van der Waals surface area contributed by atoms with Crippen LogP contribution in [0.25, 0.3) is 0 Å². The summed E-state index contributed by atoms with van der Waals surface area (Å²) >= 11 is 0. The molecule has 112 valence electrons. The minimum atomic E-state index is 0.1000. The third-order valence-corrected chi connectivity index (χ3v) is 4.01. The number of hydrogen-bond donors (Lipinski definition) is 1. The van der Waals surface area contributed by atoms with Gasteiger partial charge in [-0.2, -0.15) is 0 Å². The molecule has 1 aromatic carbocycles. The van der Waals surface area contributed by atoms with Crippen molar-refractivity contribution < 1.29 is 9.84 Å². The molecule has 4 heteroatoms. The van der Waals surface area contributed by atoms with Crippen molar-refractivity contribution in [1.82, 2.24) is 4.90 Å². The van der Waals surface area contributed by atoms with Gasteiger partial charge in [0, 0.05) is 38.4 Å². The summed E-state index contributed by atoms with van der Waals surface area (Å²) in [5, 5.41) is 8.77. The normalized spacial score (nSPS) is 19.8. The molecule has 1 N–H and O–H groups in total. The molecule has 0 spiro atoms. The van der Waals surface area contributed by atoms with Gasteiger partial charge in [-0.25, -0.2) is 0 Å². The summed E-state index contributed by atoms with van der Waals surface area (Å²) in [5.41, 5.74) is 2.72. The first-order chi connectivity index (χ1) is 9.76. The van der Waals surface area contributed by atoms with Crippen molar-refractivity contribution in [2.75, 3.05) is 44.9 Å². The van der Waals surface area contributed by atoms with E-state index in [4.69, 9.17) is 9.84 Å². The number of likely N-dealkylation sites (N-methyl/N-ethyl adjacent to an activating group) is 1. The predicted octanol–water partition coefficient (Wildman–Crippen LogP) is 1.73. The second-order valence-corrected chi connectivity index (χ2v) is 5.38. The van der Waals surface area contributed by atoms with Crippen LogP contribution in [0.4, 0.5) is 5.69 Å². The Morgan fingerprint density at radius 2 is 2.10 bits per heavy atom. The maximum atomic E-state index is 8.77. The van der Waals surface area contributed by atoms with Crippen LogP contribution in [0.15, 0.2) is 24.3 Å². The molecule has 1 unspecified atom stereocenters. The second kappa shape index (κ2) is 7.62. The number of nitrogens with zero attached hydrogens (tertiary/aromatic N) is 2. The third kappa shape index (κ3) is 3.72. The van der Waals surface area contributed by atoms with Crippen molar-refractivity contribution in [3.63, 3.8) is 0 Å². The molecule has 1 aliphatic heterocycles. The maximum absolute atomic E-state index is 8.77. The second-order valence-electron chi connectivity index (χ2n) is 5.38. The first kappa shape index (κ1) is 15.3. The van der Waals surface area contributed by atoms with Gasteiger partial charge in [0.05, 0.1) is 19.8 Å². The van der Waals surface area contributed by atoms with Gasteiger partial charge >= 0.3 is 0 Å². The van der Waals surface area contributed by atoms with E-state index in [0.717, 1.165) is 26.1 Å². The van der Waals surface area contributed by atoms with Crippen LogP contribution in [0, 0.1) is 0 Å². The Balaban J connectivity index is 2.06. The van der Waals surface area contributed by atoms with Crippen molar-refractivity contribution >= 4 is 5.69 Å². The molecular weight excluding hydrogens is 252 g/mol. The fraction of sp³-hybridized carbons (Fsp3) is 0.625. The summed E-state index contributed by atoms with van der Waals surface area (Å²) in [5.74, 6) is 0. The van der Waals surface area contributed by atoms with Gasteiger partial charge in [0.25, 0.3) is 0 Å². The van der Waals surface area contributed by atoms with Crippen LogP contribution in [0.2, 0.25) is 0 Å². The SMILES string of the molecule is CCC1CN(C)c2ccccc2CN1CCOCCO. The number of anilines is 1. The highest BCUT2D eigenvalue weighted by Gasteiger charge is 2.24. The van der Waals surface area contributed by atoms with Crippen LogP contribution < -0.4 is 4.90 Å². The molecule has 0 bridgehead atoms. The molecule has 0 saturated carbocycles. The van der Waals surface area contributed by atoms with Crippen molar-refractivity contribution in [3.05, 3.63) is 29.8 Å². The summed E-state index contributed by atoms with van der Waals surface area (Å²) in [6.45, 7) is 6.40. The number of fused-ring (bicyclic) bond motifs is 1. The number of aliphatic hydroxyl groups excluding tert-OH is 1. The molecule has 0 aliphatic carbocycles. The van der Waals surface area contributed by atoms with Crippen molar-refractivity contribution in [1.29, 1.82) is 0 Å². The first-order valence-corrected chi connectivity index (χ1v) is 7.48. The van der Waals surface area contributed by atoms with E-state index in [2.05, 4.69) is 48.0 Å². The molecule has 1 aliphatic rings. The number of benzene rings is 1. The van der Waals surface area contributed by atoms with Gasteiger partial charge < -0.3 is 14.7 Å². The lowest BCUT2D eigenvalue weighted by molar-refractivity contribution is 0.0615. The van der Waals surface area contributed by atoms with E-state index in [-0.39, 0.29) is 6.61 Å². The number of para-hydroxylation sites is 1. The van der Waals surface area contributed by atoms with Crippen LogP contribution in [0.1, 0.15) is 18.9 Å². The molecule has 20 heavy (non-hydrogen) atoms. The van der Waals surface area contributed by atoms with Crippen LogP contribution in [-0.2, 0) is 11.3 Å². The topological polar surface area (TPSA) is 35.9 Å². The Labute approximate surface area is 122 Å². The highest BCUT2D eigenvalue weighted by molar-refractivity contribution is 5.53. The summed E-state index contributed by atoms with van der Waals surface area (Å²) in [6, 6.07) is 9.18. The van der Waals surface area contributed by atoms with Crippen LogP contribution in [-0.4, -0.2) is 56.0 Å². The zero-order valence-corrected chi connectivity index (χ0v) is 12.6. The van der Waals surface area contributed by atoms with Crippen LogP contribution in [0.5, 0.6) is 0 Å². The molecule has 4 nitrogen and oxygen atoms in total. The zero-order chi connectivity index (χ0) is 14.4. The molecule has 0 radical (unpaired) electrons. The highest BCUT2D eigenvalue weighted by atomic mass is 16.5. The van der Waals surface area contributed by atoms with E-state index in [1.807, 2.05) is 0 Å². The average Bonchev–Trinajstić information content (AvgIpc) is 2.61. The van der Waals surface area contributed by atoms with E-state index >= 15 is 0 Å². The average molecular weight is 278 g/mol. The van der Waals surface area contributed by atoms with Crippen molar-refractivity contribution in [2.24, 2.45) is 0 Å². The molecule has 1 heterocycles. The predicted molar refractivity (Wildman–Crippen MR) is 82.1 cm³/mol. The monoisotopic (exact) mass is 278 g/mol. The van der Waals surface area contributed by atoms with Gasteiger partial charge in [-0.1, -0.05) is 25.1 Å². The molecular formula is C16H26N2O2. The van der Waals surface area contributed by atoms with Gasteiger partial charge in [-0.15, -0.1) is 0 Å². The van der Waals surface area contributed by atoms with Gasteiger partial charge in [0.15, 0.2) is 0 Å². The highest BCUT2D eigenvalue weighted by Crippen LogP contribution is 2.26. The Hall–Kier alpha value is -1.10. The fourth-order valence-electron chi connectivity index (χ4n) is 2.89. The van der Waals surface area contributed by atoms with E-state index in [0.29, 0.717) is 19.3 Å². The molecule has 0 amide bonds. The summed E-state index contributed by atoms with van der Waals surface area (Å²) in [4.78, 5) is 4.86. The zero-order valence-electron chi connectivity index (χ0n) is 12.6. The number of rotatable bonds is 6. The maximum Gasteiger partial charge on any atom is 0.0698 e. The van der Waals surface area contributed by atoms with E-state index in [9.17, 15) is 0 Å². The Morgan fingerprint density at radius 3 is 2.85 bits per heavy atom. The van der Waals surface area contributed by atoms with Gasteiger partial charge in [-0.3, -0.25) is 4.90 Å². The molecule has 0 aromatic heterocycles.